The normalized spacial score (nSPS) is 11.9. The number of anilines is 1. The Balaban J connectivity index is 2.89. The molecule has 0 bridgehead atoms. The number of aryl methyl sites for hydroxylation is 1. The molecule has 0 saturated carbocycles. The Morgan fingerprint density at radius 3 is 2.56 bits per heavy atom. The van der Waals surface area contributed by atoms with Crippen LogP contribution in [-0.4, -0.2) is 24.6 Å². The zero-order valence-corrected chi connectivity index (χ0v) is 9.75. The van der Waals surface area contributed by atoms with Crippen molar-refractivity contribution in [3.63, 3.8) is 0 Å². The van der Waals surface area contributed by atoms with Gasteiger partial charge >= 0.3 is 0 Å². The third-order valence-electron chi connectivity index (χ3n) is 2.27. The Bertz CT molecular complexity index is 665. The van der Waals surface area contributed by atoms with E-state index in [1.807, 2.05) is 13.0 Å². The van der Waals surface area contributed by atoms with E-state index in [0.717, 1.165) is 11.8 Å². The predicted octanol–water partition coefficient (Wildman–Crippen LogP) is 0.924. The van der Waals surface area contributed by atoms with Crippen LogP contribution in [-0.2, 0) is 9.84 Å². The molecule has 1 aromatic carbocycles. The van der Waals surface area contributed by atoms with Gasteiger partial charge in [0.15, 0.2) is 0 Å². The van der Waals surface area contributed by atoms with Crippen LogP contribution in [0.5, 0.6) is 0 Å². The van der Waals surface area contributed by atoms with Crippen LogP contribution in [0.4, 0.5) is 5.82 Å². The Morgan fingerprint density at radius 1 is 1.25 bits per heavy atom. The molecule has 2 aromatic rings. The molecule has 2 N–H and O–H groups in total. The second kappa shape index (κ2) is 3.41. The largest absolute Gasteiger partial charge is 0.383 e. The summed E-state index contributed by atoms with van der Waals surface area (Å²) in [6.07, 6.45) is 1.06. The summed E-state index contributed by atoms with van der Waals surface area (Å²) in [6, 6.07) is 5.40. The summed E-state index contributed by atoms with van der Waals surface area (Å²) in [6.45, 7) is 1.88. The third-order valence-corrected chi connectivity index (χ3v) is 3.12. The van der Waals surface area contributed by atoms with E-state index in [-0.39, 0.29) is 11.0 Å². The van der Waals surface area contributed by atoms with Gasteiger partial charge in [-0.05, 0) is 18.6 Å². The third kappa shape index (κ3) is 1.71. The number of aromatic nitrogens is 2. The average Bonchev–Trinajstić information content (AvgIpc) is 2.15. The minimum Gasteiger partial charge on any atom is -0.383 e. The molecule has 0 saturated heterocycles. The van der Waals surface area contributed by atoms with Gasteiger partial charge in [-0.15, -0.1) is 0 Å². The number of hydrogen-bond acceptors (Lipinski definition) is 5. The van der Waals surface area contributed by atoms with Gasteiger partial charge in [-0.3, -0.25) is 0 Å². The summed E-state index contributed by atoms with van der Waals surface area (Å²) in [5, 5.41) is 0.470. The predicted molar refractivity (Wildman–Crippen MR) is 61.8 cm³/mol. The van der Waals surface area contributed by atoms with Gasteiger partial charge in [0.05, 0.1) is 5.52 Å². The first-order valence-corrected chi connectivity index (χ1v) is 6.51. The van der Waals surface area contributed by atoms with Crippen LogP contribution in [0, 0.1) is 6.92 Å². The van der Waals surface area contributed by atoms with Crippen molar-refractivity contribution < 1.29 is 8.42 Å². The van der Waals surface area contributed by atoms with Crippen LogP contribution in [0.3, 0.4) is 0 Å². The number of sulfone groups is 1. The second-order valence-electron chi connectivity index (χ2n) is 3.63. The first-order valence-electron chi connectivity index (χ1n) is 4.62. The SMILES string of the molecule is Cc1cccc2nc(S(C)(=O)=O)nc(N)c12. The maximum Gasteiger partial charge on any atom is 0.249 e. The van der Waals surface area contributed by atoms with Crippen LogP contribution in [0.2, 0.25) is 0 Å². The fourth-order valence-corrected chi connectivity index (χ4v) is 2.06. The minimum absolute atomic E-state index is 0.198. The van der Waals surface area contributed by atoms with Crippen molar-refractivity contribution in [1.82, 2.24) is 9.97 Å². The highest BCUT2D eigenvalue weighted by atomic mass is 32.2. The van der Waals surface area contributed by atoms with E-state index < -0.39 is 9.84 Å². The highest BCUT2D eigenvalue weighted by molar-refractivity contribution is 7.90. The molecule has 0 fully saturated rings. The van der Waals surface area contributed by atoms with Crippen LogP contribution in [0.1, 0.15) is 5.56 Å². The van der Waals surface area contributed by atoms with Crippen molar-refractivity contribution in [2.75, 3.05) is 12.0 Å². The molecule has 0 radical (unpaired) electrons. The second-order valence-corrected chi connectivity index (χ2v) is 5.54. The minimum atomic E-state index is -3.43. The summed E-state index contributed by atoms with van der Waals surface area (Å²) >= 11 is 0. The smallest absolute Gasteiger partial charge is 0.249 e. The van der Waals surface area contributed by atoms with E-state index in [2.05, 4.69) is 9.97 Å². The van der Waals surface area contributed by atoms with Crippen molar-refractivity contribution in [3.05, 3.63) is 23.8 Å². The van der Waals surface area contributed by atoms with Gasteiger partial charge < -0.3 is 5.73 Å². The van der Waals surface area contributed by atoms with Gasteiger partial charge in [-0.1, -0.05) is 12.1 Å². The number of nitrogen functional groups attached to an aromatic ring is 1. The van der Waals surface area contributed by atoms with Gasteiger partial charge in [0.2, 0.25) is 15.0 Å². The number of benzene rings is 1. The Kier molecular flexibility index (Phi) is 2.31. The highest BCUT2D eigenvalue weighted by Gasteiger charge is 2.14. The standard InChI is InChI=1S/C10H11N3O2S/c1-6-4-3-5-7-8(6)9(11)13-10(12-7)16(2,14)15/h3-5H,1-2H3,(H2,11,12,13). The molecule has 0 spiro atoms. The van der Waals surface area contributed by atoms with E-state index in [0.29, 0.717) is 10.9 Å². The lowest BCUT2D eigenvalue weighted by atomic mass is 10.1. The molecule has 0 atom stereocenters. The molecule has 1 heterocycles. The molecule has 1 aromatic heterocycles. The maximum atomic E-state index is 11.3. The molecule has 2 rings (SSSR count). The molecular formula is C10H11N3O2S. The molecule has 0 aliphatic carbocycles. The molecule has 0 aliphatic rings. The summed E-state index contributed by atoms with van der Waals surface area (Å²) in [4.78, 5) is 7.80. The van der Waals surface area contributed by atoms with Gasteiger partial charge in [0.25, 0.3) is 0 Å². The molecule has 16 heavy (non-hydrogen) atoms. The number of hydrogen-bond donors (Lipinski definition) is 1. The number of nitrogens with two attached hydrogens (primary N) is 1. The van der Waals surface area contributed by atoms with Crippen molar-refractivity contribution in [2.24, 2.45) is 0 Å². The van der Waals surface area contributed by atoms with Crippen LogP contribution in [0.25, 0.3) is 10.9 Å². The first-order chi connectivity index (χ1) is 7.39. The lowest BCUT2D eigenvalue weighted by Crippen LogP contribution is -2.07. The number of fused-ring (bicyclic) bond motifs is 1. The molecule has 6 heteroatoms. The monoisotopic (exact) mass is 237 g/mol. The highest BCUT2D eigenvalue weighted by Crippen LogP contribution is 2.22. The Hall–Kier alpha value is -1.69. The topological polar surface area (TPSA) is 85.9 Å². The van der Waals surface area contributed by atoms with E-state index in [1.54, 1.807) is 12.1 Å². The van der Waals surface area contributed by atoms with Gasteiger partial charge in [-0.2, -0.15) is 0 Å². The summed E-state index contributed by atoms with van der Waals surface area (Å²) in [5.41, 5.74) is 7.21. The first kappa shape index (κ1) is 10.8. The molecule has 84 valence electrons. The lowest BCUT2D eigenvalue weighted by Gasteiger charge is -2.05. The van der Waals surface area contributed by atoms with Crippen LogP contribution in [0.15, 0.2) is 23.4 Å². The quantitative estimate of drug-likeness (QED) is 0.745. The van der Waals surface area contributed by atoms with Crippen molar-refractivity contribution in [3.8, 4) is 0 Å². The fourth-order valence-electron chi connectivity index (χ4n) is 1.53. The van der Waals surface area contributed by atoms with E-state index in [1.165, 1.54) is 0 Å². The molecule has 5 nitrogen and oxygen atoms in total. The zero-order chi connectivity index (χ0) is 11.9. The van der Waals surface area contributed by atoms with Crippen molar-refractivity contribution in [2.45, 2.75) is 12.1 Å². The lowest BCUT2D eigenvalue weighted by molar-refractivity contribution is 0.594. The van der Waals surface area contributed by atoms with E-state index >= 15 is 0 Å². The zero-order valence-electron chi connectivity index (χ0n) is 8.93. The molecule has 0 unspecified atom stereocenters. The summed E-state index contributed by atoms with van der Waals surface area (Å²) < 4.78 is 22.7. The Labute approximate surface area is 93.2 Å². The average molecular weight is 237 g/mol. The fraction of sp³-hybridized carbons (Fsp3) is 0.200. The number of rotatable bonds is 1. The molecule has 0 amide bonds. The van der Waals surface area contributed by atoms with Crippen molar-refractivity contribution in [1.29, 1.82) is 0 Å². The number of nitrogens with zero attached hydrogens (tertiary/aromatic N) is 2. The Morgan fingerprint density at radius 2 is 1.94 bits per heavy atom. The summed E-state index contributed by atoms with van der Waals surface area (Å²) in [5.74, 6) is 0.198. The van der Waals surface area contributed by atoms with E-state index in [4.69, 9.17) is 5.73 Å². The summed E-state index contributed by atoms with van der Waals surface area (Å²) in [7, 11) is -3.43. The maximum absolute atomic E-state index is 11.3. The van der Waals surface area contributed by atoms with Crippen LogP contribution >= 0.6 is 0 Å². The van der Waals surface area contributed by atoms with Gasteiger partial charge in [-0.25, -0.2) is 18.4 Å². The van der Waals surface area contributed by atoms with Gasteiger partial charge in [0, 0.05) is 11.6 Å². The van der Waals surface area contributed by atoms with Crippen molar-refractivity contribution >= 4 is 26.6 Å². The van der Waals surface area contributed by atoms with E-state index in [9.17, 15) is 8.42 Å². The van der Waals surface area contributed by atoms with Gasteiger partial charge in [0.1, 0.15) is 5.82 Å². The molecule has 0 aliphatic heterocycles. The van der Waals surface area contributed by atoms with Crippen LogP contribution < -0.4 is 5.73 Å². The molecular weight excluding hydrogens is 226 g/mol.